The van der Waals surface area contributed by atoms with Gasteiger partial charge in [-0.2, -0.15) is 0 Å². The molecular formula is C17H17NO3. The van der Waals surface area contributed by atoms with Crippen LogP contribution in [0.3, 0.4) is 0 Å². The highest BCUT2D eigenvalue weighted by atomic mass is 16.4. The molecule has 0 spiro atoms. The first-order valence-corrected chi connectivity index (χ1v) is 7.27. The fourth-order valence-electron chi connectivity index (χ4n) is 2.97. The minimum Gasteiger partial charge on any atom is -0.440 e. The Kier molecular flexibility index (Phi) is 3.69. The molecular weight excluding hydrogens is 266 g/mol. The number of oxazole rings is 1. The van der Waals surface area contributed by atoms with E-state index in [1.165, 1.54) is 12.8 Å². The maximum absolute atomic E-state index is 11.8. The number of nitrogens with zero attached hydrogens (tertiary/aromatic N) is 1. The Morgan fingerprint density at radius 1 is 1.29 bits per heavy atom. The van der Waals surface area contributed by atoms with Crippen molar-refractivity contribution in [1.82, 2.24) is 4.98 Å². The van der Waals surface area contributed by atoms with E-state index in [9.17, 15) is 9.59 Å². The molecule has 0 N–H and O–H groups in total. The van der Waals surface area contributed by atoms with E-state index in [2.05, 4.69) is 4.98 Å². The van der Waals surface area contributed by atoms with Gasteiger partial charge in [-0.25, -0.2) is 4.98 Å². The lowest BCUT2D eigenvalue weighted by Gasteiger charge is -2.04. The van der Waals surface area contributed by atoms with Gasteiger partial charge in [0.05, 0.1) is 5.69 Å². The summed E-state index contributed by atoms with van der Waals surface area (Å²) >= 11 is 0. The fourth-order valence-corrected chi connectivity index (χ4v) is 2.97. The summed E-state index contributed by atoms with van der Waals surface area (Å²) in [6.07, 6.45) is 4.97. The molecule has 0 unspecified atom stereocenters. The van der Waals surface area contributed by atoms with Gasteiger partial charge in [-0.15, -0.1) is 0 Å². The molecule has 1 saturated carbocycles. The lowest BCUT2D eigenvalue weighted by atomic mass is 10.0. The van der Waals surface area contributed by atoms with E-state index >= 15 is 0 Å². The molecule has 21 heavy (non-hydrogen) atoms. The molecule has 1 aliphatic rings. The number of carbonyl (C=O) groups is 2. The van der Waals surface area contributed by atoms with Crippen molar-refractivity contribution in [3.63, 3.8) is 0 Å². The van der Waals surface area contributed by atoms with Gasteiger partial charge in [-0.05, 0) is 19.8 Å². The van der Waals surface area contributed by atoms with E-state index in [1.54, 1.807) is 18.2 Å². The first-order chi connectivity index (χ1) is 10.2. The molecule has 1 aromatic heterocycles. The summed E-state index contributed by atoms with van der Waals surface area (Å²) in [6, 6.07) is 7.00. The van der Waals surface area contributed by atoms with Gasteiger partial charge in [0.2, 0.25) is 5.78 Å². The van der Waals surface area contributed by atoms with Gasteiger partial charge in [-0.1, -0.05) is 37.1 Å². The zero-order valence-electron chi connectivity index (χ0n) is 12.0. The second-order valence-corrected chi connectivity index (χ2v) is 5.48. The third kappa shape index (κ3) is 2.53. The predicted octanol–water partition coefficient (Wildman–Crippen LogP) is 3.69. The van der Waals surface area contributed by atoms with Crippen LogP contribution in [0, 0.1) is 6.92 Å². The van der Waals surface area contributed by atoms with E-state index in [0.717, 1.165) is 24.4 Å². The van der Waals surface area contributed by atoms with Crippen LogP contribution < -0.4 is 0 Å². The topological polar surface area (TPSA) is 60.2 Å². The van der Waals surface area contributed by atoms with E-state index in [4.69, 9.17) is 4.42 Å². The number of aldehydes is 1. The number of benzene rings is 1. The van der Waals surface area contributed by atoms with Gasteiger partial charge in [0.1, 0.15) is 0 Å². The summed E-state index contributed by atoms with van der Waals surface area (Å²) in [6.45, 7) is 1.87. The largest absolute Gasteiger partial charge is 0.440 e. The van der Waals surface area contributed by atoms with Crippen LogP contribution in [0.2, 0.25) is 0 Å². The molecule has 108 valence electrons. The molecule has 0 aliphatic heterocycles. The minimum absolute atomic E-state index is 0.336. The highest BCUT2D eigenvalue weighted by Gasteiger charge is 2.25. The van der Waals surface area contributed by atoms with E-state index in [0.29, 0.717) is 29.1 Å². The first kappa shape index (κ1) is 13.7. The van der Waals surface area contributed by atoms with Crippen LogP contribution in [0.15, 0.2) is 28.7 Å². The third-order valence-corrected chi connectivity index (χ3v) is 4.06. The van der Waals surface area contributed by atoms with Crippen molar-refractivity contribution < 1.29 is 14.0 Å². The smallest absolute Gasteiger partial charge is 0.226 e. The number of ketones is 1. The molecule has 1 fully saturated rings. The summed E-state index contributed by atoms with van der Waals surface area (Å²) < 4.78 is 5.94. The Morgan fingerprint density at radius 3 is 2.71 bits per heavy atom. The van der Waals surface area contributed by atoms with Crippen LogP contribution in [0.1, 0.15) is 53.5 Å². The SMILES string of the molecule is Cc1nc(C2CCCC2)oc1-c1ccccc1C(=O)C=O. The average molecular weight is 283 g/mol. The second kappa shape index (κ2) is 5.64. The zero-order valence-corrected chi connectivity index (χ0v) is 12.0. The average Bonchev–Trinajstić information content (AvgIpc) is 3.15. The molecule has 4 nitrogen and oxygen atoms in total. The van der Waals surface area contributed by atoms with E-state index in [-0.39, 0.29) is 0 Å². The predicted molar refractivity (Wildman–Crippen MR) is 78.3 cm³/mol. The van der Waals surface area contributed by atoms with Crippen molar-refractivity contribution in [2.24, 2.45) is 0 Å². The molecule has 2 aromatic rings. The van der Waals surface area contributed by atoms with Crippen molar-refractivity contribution in [1.29, 1.82) is 0 Å². The highest BCUT2D eigenvalue weighted by molar-refractivity contribution is 6.34. The van der Waals surface area contributed by atoms with Gasteiger partial charge in [0.25, 0.3) is 0 Å². The summed E-state index contributed by atoms with van der Waals surface area (Å²) in [5.74, 6) is 1.20. The van der Waals surface area contributed by atoms with Gasteiger partial charge in [-0.3, -0.25) is 9.59 Å². The number of hydrogen-bond acceptors (Lipinski definition) is 4. The minimum atomic E-state index is -0.538. The Morgan fingerprint density at radius 2 is 2.00 bits per heavy atom. The lowest BCUT2D eigenvalue weighted by molar-refractivity contribution is -0.104. The van der Waals surface area contributed by atoms with Crippen LogP contribution in [0.4, 0.5) is 0 Å². The molecule has 0 amide bonds. The number of hydrogen-bond donors (Lipinski definition) is 0. The van der Waals surface area contributed by atoms with Gasteiger partial charge in [0, 0.05) is 17.0 Å². The first-order valence-electron chi connectivity index (χ1n) is 7.27. The maximum Gasteiger partial charge on any atom is 0.226 e. The number of rotatable bonds is 4. The van der Waals surface area contributed by atoms with Crippen LogP contribution in [0.25, 0.3) is 11.3 Å². The van der Waals surface area contributed by atoms with Crippen LogP contribution >= 0.6 is 0 Å². The second-order valence-electron chi connectivity index (χ2n) is 5.48. The number of carbonyl (C=O) groups excluding carboxylic acids is 2. The van der Waals surface area contributed by atoms with Crippen LogP contribution in [-0.4, -0.2) is 17.1 Å². The number of Topliss-reactive ketones (excluding diaryl/α,β-unsaturated/α-hetero) is 1. The molecule has 3 rings (SSSR count). The molecule has 0 bridgehead atoms. The Hall–Kier alpha value is -2.23. The Bertz CT molecular complexity index is 681. The molecule has 1 aliphatic carbocycles. The van der Waals surface area contributed by atoms with E-state index in [1.807, 2.05) is 13.0 Å². The molecule has 1 aromatic carbocycles. The quantitative estimate of drug-likeness (QED) is 0.488. The molecule has 0 saturated heterocycles. The molecule has 0 atom stereocenters. The van der Waals surface area contributed by atoms with Gasteiger partial charge < -0.3 is 4.42 Å². The Balaban J connectivity index is 2.04. The maximum atomic E-state index is 11.8. The summed E-state index contributed by atoms with van der Waals surface area (Å²) in [5, 5.41) is 0. The fraction of sp³-hybridized carbons (Fsp3) is 0.353. The highest BCUT2D eigenvalue weighted by Crippen LogP contribution is 2.37. The summed E-state index contributed by atoms with van der Waals surface area (Å²) in [5.41, 5.74) is 1.77. The molecule has 1 heterocycles. The van der Waals surface area contributed by atoms with Gasteiger partial charge in [0.15, 0.2) is 17.9 Å². The number of aryl methyl sites for hydroxylation is 1. The lowest BCUT2D eigenvalue weighted by Crippen LogP contribution is -2.02. The normalized spacial score (nSPS) is 15.3. The zero-order chi connectivity index (χ0) is 14.8. The van der Waals surface area contributed by atoms with Crippen molar-refractivity contribution in [3.8, 4) is 11.3 Å². The van der Waals surface area contributed by atoms with Crippen LogP contribution in [-0.2, 0) is 4.79 Å². The van der Waals surface area contributed by atoms with Crippen molar-refractivity contribution >= 4 is 12.1 Å². The van der Waals surface area contributed by atoms with Gasteiger partial charge >= 0.3 is 0 Å². The number of aromatic nitrogens is 1. The van der Waals surface area contributed by atoms with Crippen molar-refractivity contribution in [2.45, 2.75) is 38.5 Å². The summed E-state index contributed by atoms with van der Waals surface area (Å²) in [7, 11) is 0. The van der Waals surface area contributed by atoms with Crippen molar-refractivity contribution in [2.75, 3.05) is 0 Å². The monoisotopic (exact) mass is 283 g/mol. The van der Waals surface area contributed by atoms with E-state index < -0.39 is 5.78 Å². The Labute approximate surface area is 123 Å². The third-order valence-electron chi connectivity index (χ3n) is 4.06. The standard InChI is InChI=1S/C17H17NO3/c1-11-16(21-17(18-11)12-6-2-3-7-12)14-9-5-4-8-13(14)15(20)10-19/h4-5,8-10,12H,2-3,6-7H2,1H3. The summed E-state index contributed by atoms with van der Waals surface area (Å²) in [4.78, 5) is 27.1. The molecule has 4 heteroatoms. The van der Waals surface area contributed by atoms with Crippen LogP contribution in [0.5, 0.6) is 0 Å². The molecule has 0 radical (unpaired) electrons. The van der Waals surface area contributed by atoms with Crippen molar-refractivity contribution in [3.05, 3.63) is 41.4 Å².